The highest BCUT2D eigenvalue weighted by molar-refractivity contribution is 7.80. The summed E-state index contributed by atoms with van der Waals surface area (Å²) in [6, 6.07) is 22.5. The van der Waals surface area contributed by atoms with Gasteiger partial charge in [0, 0.05) is 42.3 Å². The first kappa shape index (κ1) is 27.0. The van der Waals surface area contributed by atoms with Crippen molar-refractivity contribution in [3.05, 3.63) is 108 Å². The molecular weight excluding hydrogens is 526 g/mol. The predicted octanol–water partition coefficient (Wildman–Crippen LogP) is 4.73. The van der Waals surface area contributed by atoms with Crippen molar-refractivity contribution in [3.8, 4) is 5.69 Å². The normalized spacial score (nSPS) is 16.5. The maximum absolute atomic E-state index is 12.1. The highest BCUT2D eigenvalue weighted by atomic mass is 32.1. The van der Waals surface area contributed by atoms with Crippen molar-refractivity contribution in [3.63, 3.8) is 0 Å². The zero-order chi connectivity index (χ0) is 28.2. The first-order valence-corrected chi connectivity index (χ1v) is 13.1. The Labute approximate surface area is 237 Å². The number of carbonyl (C=O) groups excluding carboxylic acids is 2. The van der Waals surface area contributed by atoms with E-state index in [9.17, 15) is 9.59 Å². The number of anilines is 2. The zero-order valence-electron chi connectivity index (χ0n) is 22.3. The summed E-state index contributed by atoms with van der Waals surface area (Å²) in [7, 11) is 2.85. The van der Waals surface area contributed by atoms with Gasteiger partial charge in [0.05, 0.1) is 24.4 Å². The van der Waals surface area contributed by atoms with Crippen LogP contribution in [0.1, 0.15) is 39.4 Å². The standard InChI is InChI=1S/C30H29N5O4S/c1-19-17-22(13-14-23(19)32-26(36)18-38-2)35-28(27(33-30(35)40)24-7-4-5-15-31-24)25-8-6-16-34(25)21-11-9-20(10-12-21)29(37)39-3/h4-17,27-28H,18H2,1-3H3,(H,32,36)(H,33,40)/t27-,28+/m1/s1. The molecule has 2 aromatic heterocycles. The van der Waals surface area contributed by atoms with E-state index in [-0.39, 0.29) is 30.6 Å². The number of hydrogen-bond donors (Lipinski definition) is 2. The van der Waals surface area contributed by atoms with Gasteiger partial charge in [0.2, 0.25) is 5.91 Å². The molecule has 40 heavy (non-hydrogen) atoms. The summed E-state index contributed by atoms with van der Waals surface area (Å²) in [6.45, 7) is 1.92. The van der Waals surface area contributed by atoms with Crippen molar-refractivity contribution >= 4 is 40.6 Å². The van der Waals surface area contributed by atoms with E-state index in [1.165, 1.54) is 14.2 Å². The average molecular weight is 556 g/mol. The van der Waals surface area contributed by atoms with Crippen LogP contribution in [0.2, 0.25) is 0 Å². The molecule has 0 radical (unpaired) electrons. The molecule has 2 N–H and O–H groups in total. The molecule has 204 valence electrons. The van der Waals surface area contributed by atoms with Gasteiger partial charge in [0.25, 0.3) is 0 Å². The minimum Gasteiger partial charge on any atom is -0.465 e. The lowest BCUT2D eigenvalue weighted by molar-refractivity contribution is -0.119. The Morgan fingerprint density at radius 1 is 1.02 bits per heavy atom. The summed E-state index contributed by atoms with van der Waals surface area (Å²) < 4.78 is 11.9. The van der Waals surface area contributed by atoms with Crippen LogP contribution in [-0.2, 0) is 14.3 Å². The largest absolute Gasteiger partial charge is 0.465 e. The third kappa shape index (κ3) is 5.31. The number of aryl methyl sites for hydroxylation is 1. The summed E-state index contributed by atoms with van der Waals surface area (Å²) in [4.78, 5) is 30.8. The SMILES string of the molecule is COCC(=O)Nc1ccc(N2C(=S)N[C@H](c3ccccn3)[C@@H]2c2cccn2-c2ccc(C(=O)OC)cc2)cc1C. The molecular formula is C30H29N5O4S. The lowest BCUT2D eigenvalue weighted by Crippen LogP contribution is -2.30. The summed E-state index contributed by atoms with van der Waals surface area (Å²) in [5.74, 6) is -0.607. The van der Waals surface area contributed by atoms with Crippen LogP contribution in [0.15, 0.2) is 85.2 Å². The van der Waals surface area contributed by atoms with E-state index in [0.29, 0.717) is 16.4 Å². The number of hydrogen-bond acceptors (Lipinski definition) is 6. The molecule has 1 saturated heterocycles. The van der Waals surface area contributed by atoms with Crippen molar-refractivity contribution < 1.29 is 19.1 Å². The number of benzene rings is 2. The van der Waals surface area contributed by atoms with Gasteiger partial charge in [-0.2, -0.15) is 0 Å². The Morgan fingerprint density at radius 2 is 1.80 bits per heavy atom. The lowest BCUT2D eigenvalue weighted by Gasteiger charge is -2.29. The molecule has 10 heteroatoms. The van der Waals surface area contributed by atoms with Crippen LogP contribution in [0.25, 0.3) is 5.69 Å². The molecule has 3 heterocycles. The maximum atomic E-state index is 12.1. The van der Waals surface area contributed by atoms with Crippen LogP contribution in [0.5, 0.6) is 0 Å². The Kier molecular flexibility index (Phi) is 7.90. The van der Waals surface area contributed by atoms with Crippen molar-refractivity contribution in [2.45, 2.75) is 19.0 Å². The van der Waals surface area contributed by atoms with Crippen molar-refractivity contribution in [2.75, 3.05) is 31.0 Å². The van der Waals surface area contributed by atoms with Gasteiger partial charge >= 0.3 is 5.97 Å². The number of ether oxygens (including phenoxy) is 2. The van der Waals surface area contributed by atoms with E-state index in [0.717, 1.165) is 28.3 Å². The zero-order valence-corrected chi connectivity index (χ0v) is 23.1. The molecule has 2 aromatic carbocycles. The van der Waals surface area contributed by atoms with E-state index < -0.39 is 0 Å². The van der Waals surface area contributed by atoms with Crippen LogP contribution < -0.4 is 15.5 Å². The maximum Gasteiger partial charge on any atom is 0.337 e. The number of thiocarbonyl (C=S) groups is 1. The molecule has 0 saturated carbocycles. The number of carbonyl (C=O) groups is 2. The van der Waals surface area contributed by atoms with Gasteiger partial charge in [-0.3, -0.25) is 9.78 Å². The second-order valence-electron chi connectivity index (χ2n) is 9.32. The van der Waals surface area contributed by atoms with Crippen molar-refractivity contribution in [2.24, 2.45) is 0 Å². The van der Waals surface area contributed by atoms with E-state index in [1.807, 2.05) is 67.7 Å². The number of nitrogens with one attached hydrogen (secondary N) is 2. The van der Waals surface area contributed by atoms with Gasteiger partial charge in [-0.15, -0.1) is 0 Å². The highest BCUT2D eigenvalue weighted by Gasteiger charge is 2.42. The highest BCUT2D eigenvalue weighted by Crippen LogP contribution is 2.42. The van der Waals surface area contributed by atoms with E-state index in [2.05, 4.69) is 31.2 Å². The molecule has 0 aliphatic carbocycles. The lowest BCUT2D eigenvalue weighted by atomic mass is 10.00. The molecule has 5 rings (SSSR count). The fourth-order valence-electron chi connectivity index (χ4n) is 4.93. The molecule has 1 aliphatic heterocycles. The number of esters is 1. The minimum atomic E-state index is -0.386. The minimum absolute atomic E-state index is 0.0211. The summed E-state index contributed by atoms with van der Waals surface area (Å²) >= 11 is 5.89. The van der Waals surface area contributed by atoms with Crippen LogP contribution in [0.4, 0.5) is 11.4 Å². The summed E-state index contributed by atoms with van der Waals surface area (Å²) in [6.07, 6.45) is 3.75. The number of methoxy groups -OCH3 is 2. The topological polar surface area (TPSA) is 97.7 Å². The van der Waals surface area contributed by atoms with Gasteiger partial charge in [0.15, 0.2) is 5.11 Å². The molecule has 1 amide bonds. The predicted molar refractivity (Wildman–Crippen MR) is 157 cm³/mol. The van der Waals surface area contributed by atoms with Crippen LogP contribution >= 0.6 is 12.2 Å². The van der Waals surface area contributed by atoms with Crippen molar-refractivity contribution in [1.29, 1.82) is 0 Å². The summed E-state index contributed by atoms with van der Waals surface area (Å²) in [5.41, 5.74) is 5.66. The smallest absolute Gasteiger partial charge is 0.337 e. The summed E-state index contributed by atoms with van der Waals surface area (Å²) in [5, 5.41) is 6.93. The molecule has 0 bridgehead atoms. The van der Waals surface area contributed by atoms with E-state index in [4.69, 9.17) is 21.7 Å². The monoisotopic (exact) mass is 555 g/mol. The van der Waals surface area contributed by atoms with Crippen LogP contribution in [0.3, 0.4) is 0 Å². The molecule has 0 unspecified atom stereocenters. The number of nitrogens with zero attached hydrogens (tertiary/aromatic N) is 3. The molecule has 1 fully saturated rings. The first-order chi connectivity index (χ1) is 19.4. The number of amides is 1. The second-order valence-corrected chi connectivity index (χ2v) is 9.71. The van der Waals surface area contributed by atoms with E-state index >= 15 is 0 Å². The number of pyridine rings is 1. The fraction of sp³-hybridized carbons (Fsp3) is 0.200. The fourth-order valence-corrected chi connectivity index (χ4v) is 5.28. The third-order valence-corrected chi connectivity index (χ3v) is 7.10. The average Bonchev–Trinajstić information content (AvgIpc) is 3.58. The molecule has 9 nitrogen and oxygen atoms in total. The van der Waals surface area contributed by atoms with Crippen LogP contribution in [-0.4, -0.2) is 47.4 Å². The first-order valence-electron chi connectivity index (χ1n) is 12.7. The Hall–Kier alpha value is -4.54. The van der Waals surface area contributed by atoms with Gasteiger partial charge in [-0.1, -0.05) is 6.07 Å². The Bertz CT molecular complexity index is 1540. The molecule has 2 atom stereocenters. The van der Waals surface area contributed by atoms with Crippen molar-refractivity contribution in [1.82, 2.24) is 14.9 Å². The van der Waals surface area contributed by atoms with Crippen LogP contribution in [0, 0.1) is 6.92 Å². The molecule has 4 aromatic rings. The Balaban J connectivity index is 1.57. The quantitative estimate of drug-likeness (QED) is 0.238. The molecule has 0 spiro atoms. The third-order valence-electron chi connectivity index (χ3n) is 6.79. The Morgan fingerprint density at radius 3 is 2.48 bits per heavy atom. The van der Waals surface area contributed by atoms with Gasteiger partial charge in [-0.05, 0) is 91.4 Å². The number of rotatable bonds is 8. The second kappa shape index (κ2) is 11.7. The van der Waals surface area contributed by atoms with E-state index in [1.54, 1.807) is 18.3 Å². The van der Waals surface area contributed by atoms with Gasteiger partial charge < -0.3 is 29.6 Å². The molecule has 1 aliphatic rings. The number of aromatic nitrogens is 2. The van der Waals surface area contributed by atoms with Gasteiger partial charge in [0.1, 0.15) is 12.6 Å². The van der Waals surface area contributed by atoms with Gasteiger partial charge in [-0.25, -0.2) is 4.79 Å².